The van der Waals surface area contributed by atoms with Gasteiger partial charge in [-0.25, -0.2) is 18.4 Å². The van der Waals surface area contributed by atoms with E-state index in [2.05, 4.69) is 25.0 Å². The van der Waals surface area contributed by atoms with Crippen LogP contribution in [-0.2, 0) is 10.0 Å². The van der Waals surface area contributed by atoms with Gasteiger partial charge in [-0.05, 0) is 49.4 Å². The molecule has 2 aromatic carbocycles. The molecule has 4 aromatic rings. The SMILES string of the molecule is COc1cncc(-c2cc(Nc3ccc(NS(=O)(=O)c4ccc(C)cc4)cc3)ncn2)c1. The number of hydrogen-bond donors (Lipinski definition) is 2. The van der Waals surface area contributed by atoms with E-state index in [1.165, 1.54) is 6.33 Å². The third kappa shape index (κ3) is 5.01. The van der Waals surface area contributed by atoms with Gasteiger partial charge >= 0.3 is 0 Å². The normalized spacial score (nSPS) is 11.1. The Labute approximate surface area is 186 Å². The smallest absolute Gasteiger partial charge is 0.261 e. The van der Waals surface area contributed by atoms with E-state index >= 15 is 0 Å². The monoisotopic (exact) mass is 447 g/mol. The highest BCUT2D eigenvalue weighted by Gasteiger charge is 2.13. The van der Waals surface area contributed by atoms with Crippen LogP contribution in [0.15, 0.2) is 84.3 Å². The fraction of sp³-hybridized carbons (Fsp3) is 0.0870. The van der Waals surface area contributed by atoms with Gasteiger partial charge in [0.25, 0.3) is 10.0 Å². The van der Waals surface area contributed by atoms with Crippen LogP contribution in [0.2, 0.25) is 0 Å². The summed E-state index contributed by atoms with van der Waals surface area (Å²) >= 11 is 0. The van der Waals surface area contributed by atoms with Crippen LogP contribution in [0.4, 0.5) is 17.2 Å². The Morgan fingerprint density at radius 2 is 1.59 bits per heavy atom. The van der Waals surface area contributed by atoms with Gasteiger partial charge in [0.15, 0.2) is 0 Å². The molecule has 0 fully saturated rings. The molecule has 0 aliphatic rings. The Hall–Kier alpha value is -3.98. The average Bonchev–Trinajstić information content (AvgIpc) is 2.81. The quantitative estimate of drug-likeness (QED) is 0.432. The number of nitrogens with zero attached hydrogens (tertiary/aromatic N) is 3. The molecule has 0 aliphatic heterocycles. The average molecular weight is 448 g/mol. The lowest BCUT2D eigenvalue weighted by Gasteiger charge is -2.10. The van der Waals surface area contributed by atoms with Crippen LogP contribution in [0.25, 0.3) is 11.3 Å². The number of nitrogens with one attached hydrogen (secondary N) is 2. The number of methoxy groups -OCH3 is 1. The number of aromatic nitrogens is 3. The van der Waals surface area contributed by atoms with E-state index < -0.39 is 10.0 Å². The van der Waals surface area contributed by atoms with E-state index in [-0.39, 0.29) is 4.90 Å². The van der Waals surface area contributed by atoms with Crippen molar-refractivity contribution in [2.24, 2.45) is 0 Å². The standard InChI is InChI=1S/C23H21N5O3S/c1-16-3-9-21(10-4-16)32(29,30)28-19-7-5-18(6-8-19)27-23-12-22(25-15-26-23)17-11-20(31-2)14-24-13-17/h3-15,28H,1-2H3,(H,25,26,27). The number of aryl methyl sites for hydroxylation is 1. The third-order valence-electron chi connectivity index (χ3n) is 4.65. The van der Waals surface area contributed by atoms with Crippen LogP contribution >= 0.6 is 0 Å². The number of hydrogen-bond acceptors (Lipinski definition) is 7. The molecule has 162 valence electrons. The predicted molar refractivity (Wildman–Crippen MR) is 124 cm³/mol. The van der Waals surface area contributed by atoms with Gasteiger partial charge in [0.05, 0.1) is 23.9 Å². The van der Waals surface area contributed by atoms with Gasteiger partial charge in [0.1, 0.15) is 17.9 Å². The van der Waals surface area contributed by atoms with Crippen molar-refractivity contribution < 1.29 is 13.2 Å². The zero-order chi connectivity index (χ0) is 22.6. The molecule has 0 amide bonds. The van der Waals surface area contributed by atoms with Gasteiger partial charge in [0.2, 0.25) is 0 Å². The first-order valence-electron chi connectivity index (χ1n) is 9.71. The molecule has 9 heteroatoms. The Balaban J connectivity index is 1.47. The minimum atomic E-state index is -3.65. The Morgan fingerprint density at radius 1 is 0.875 bits per heavy atom. The summed E-state index contributed by atoms with van der Waals surface area (Å²) in [5.74, 6) is 1.23. The van der Waals surface area contributed by atoms with Crippen molar-refractivity contribution in [2.45, 2.75) is 11.8 Å². The Morgan fingerprint density at radius 3 is 2.31 bits per heavy atom. The van der Waals surface area contributed by atoms with Crippen molar-refractivity contribution in [2.75, 3.05) is 17.1 Å². The van der Waals surface area contributed by atoms with Crippen molar-refractivity contribution in [1.29, 1.82) is 0 Å². The lowest BCUT2D eigenvalue weighted by Crippen LogP contribution is -2.12. The minimum Gasteiger partial charge on any atom is -0.495 e. The second-order valence-electron chi connectivity index (χ2n) is 7.02. The molecule has 0 bridgehead atoms. The number of sulfonamides is 1. The number of rotatable bonds is 7. The third-order valence-corrected chi connectivity index (χ3v) is 6.05. The van der Waals surface area contributed by atoms with Gasteiger partial charge in [-0.15, -0.1) is 0 Å². The molecule has 8 nitrogen and oxygen atoms in total. The van der Waals surface area contributed by atoms with Crippen LogP contribution in [0.3, 0.4) is 0 Å². The van der Waals surface area contributed by atoms with E-state index in [1.807, 2.05) is 13.0 Å². The summed E-state index contributed by atoms with van der Waals surface area (Å²) in [4.78, 5) is 12.9. The summed E-state index contributed by atoms with van der Waals surface area (Å²) in [6.07, 6.45) is 4.78. The summed E-state index contributed by atoms with van der Waals surface area (Å²) in [6, 6.07) is 17.2. The second-order valence-corrected chi connectivity index (χ2v) is 8.71. The topological polar surface area (TPSA) is 106 Å². The van der Waals surface area contributed by atoms with Gasteiger partial charge in [-0.2, -0.15) is 0 Å². The molecule has 0 spiro atoms. The number of anilines is 3. The molecule has 0 radical (unpaired) electrons. The maximum atomic E-state index is 12.5. The highest BCUT2D eigenvalue weighted by atomic mass is 32.2. The molecule has 0 aliphatic carbocycles. The lowest BCUT2D eigenvalue weighted by atomic mass is 10.2. The number of benzene rings is 2. The maximum Gasteiger partial charge on any atom is 0.261 e. The van der Waals surface area contributed by atoms with Gasteiger partial charge in [-0.3, -0.25) is 9.71 Å². The molecule has 0 saturated heterocycles. The molecule has 2 N–H and O–H groups in total. The van der Waals surface area contributed by atoms with Gasteiger partial charge < -0.3 is 10.1 Å². The van der Waals surface area contributed by atoms with Gasteiger partial charge in [0, 0.05) is 29.2 Å². The lowest BCUT2D eigenvalue weighted by molar-refractivity contribution is 0.413. The highest BCUT2D eigenvalue weighted by Crippen LogP contribution is 2.24. The van der Waals surface area contributed by atoms with E-state index in [0.717, 1.165) is 16.8 Å². The largest absolute Gasteiger partial charge is 0.495 e. The number of ether oxygens (including phenoxy) is 1. The van der Waals surface area contributed by atoms with Crippen LogP contribution in [0.1, 0.15) is 5.56 Å². The fourth-order valence-corrected chi connectivity index (χ4v) is 4.01. The van der Waals surface area contributed by atoms with Crippen molar-refractivity contribution in [3.8, 4) is 17.0 Å². The first-order chi connectivity index (χ1) is 15.4. The van der Waals surface area contributed by atoms with E-state index in [1.54, 1.807) is 74.1 Å². The Kier molecular flexibility index (Phi) is 6.00. The summed E-state index contributed by atoms with van der Waals surface area (Å²) in [5, 5.41) is 3.19. The van der Waals surface area contributed by atoms with Crippen LogP contribution in [-0.4, -0.2) is 30.5 Å². The molecule has 0 unspecified atom stereocenters. The van der Waals surface area contributed by atoms with Crippen molar-refractivity contribution >= 4 is 27.2 Å². The van der Waals surface area contributed by atoms with Crippen LogP contribution < -0.4 is 14.8 Å². The minimum absolute atomic E-state index is 0.214. The first-order valence-corrected chi connectivity index (χ1v) is 11.2. The summed E-state index contributed by atoms with van der Waals surface area (Å²) in [7, 11) is -2.07. The molecular formula is C23H21N5O3S. The first kappa shape index (κ1) is 21.3. The summed E-state index contributed by atoms with van der Waals surface area (Å²) < 4.78 is 32.9. The van der Waals surface area contributed by atoms with Crippen molar-refractivity contribution in [1.82, 2.24) is 15.0 Å². The second kappa shape index (κ2) is 9.03. The van der Waals surface area contributed by atoms with Crippen molar-refractivity contribution in [3.63, 3.8) is 0 Å². The molecule has 2 aromatic heterocycles. The summed E-state index contributed by atoms with van der Waals surface area (Å²) in [6.45, 7) is 1.91. The molecule has 4 rings (SSSR count). The highest BCUT2D eigenvalue weighted by molar-refractivity contribution is 7.92. The van der Waals surface area contributed by atoms with Gasteiger partial charge in [-0.1, -0.05) is 17.7 Å². The zero-order valence-electron chi connectivity index (χ0n) is 17.5. The number of pyridine rings is 1. The molecule has 32 heavy (non-hydrogen) atoms. The zero-order valence-corrected chi connectivity index (χ0v) is 18.3. The fourth-order valence-electron chi connectivity index (χ4n) is 2.96. The summed E-state index contributed by atoms with van der Waals surface area (Å²) in [5.41, 5.74) is 3.70. The molecule has 0 atom stereocenters. The van der Waals surface area contributed by atoms with E-state index in [9.17, 15) is 8.42 Å². The molecule has 0 saturated carbocycles. The Bertz CT molecular complexity index is 1320. The van der Waals surface area contributed by atoms with E-state index in [4.69, 9.17) is 4.74 Å². The predicted octanol–water partition coefficient (Wildman–Crippen LogP) is 4.40. The van der Waals surface area contributed by atoms with E-state index in [0.29, 0.717) is 22.9 Å². The maximum absolute atomic E-state index is 12.5. The molecule has 2 heterocycles. The van der Waals surface area contributed by atoms with Crippen molar-refractivity contribution in [3.05, 3.63) is 84.9 Å². The van der Waals surface area contributed by atoms with Crippen LogP contribution in [0.5, 0.6) is 5.75 Å². The van der Waals surface area contributed by atoms with Crippen LogP contribution in [0, 0.1) is 6.92 Å². The molecular weight excluding hydrogens is 426 g/mol.